The molecule has 1 aromatic rings. The van der Waals surface area contributed by atoms with Crippen LogP contribution in [0.4, 0.5) is 4.39 Å². The minimum atomic E-state index is -0.269. The van der Waals surface area contributed by atoms with E-state index < -0.39 is 0 Å². The van der Waals surface area contributed by atoms with Gasteiger partial charge in [0.1, 0.15) is 11.1 Å². The van der Waals surface area contributed by atoms with Gasteiger partial charge in [0.2, 0.25) is 5.91 Å². The minimum absolute atomic E-state index is 0.0212. The van der Waals surface area contributed by atoms with Crippen LogP contribution in [0, 0.1) is 5.82 Å². The normalized spacial score (nSPS) is 21.8. The molecule has 1 aliphatic rings. The molecule has 1 fully saturated rings. The van der Waals surface area contributed by atoms with E-state index in [0.717, 1.165) is 17.9 Å². The molecule has 1 N–H and O–H groups in total. The lowest BCUT2D eigenvalue weighted by molar-refractivity contribution is -0.120. The summed E-state index contributed by atoms with van der Waals surface area (Å²) in [5.74, 6) is 0.663. The Hall–Kier alpha value is -1.03. The number of hydrogen-bond acceptors (Lipinski definition) is 2. The summed E-state index contributed by atoms with van der Waals surface area (Å²) in [4.78, 5) is 11.5. The van der Waals surface area contributed by atoms with Crippen molar-refractivity contribution in [3.05, 3.63) is 35.6 Å². The molecule has 4 heteroatoms. The highest BCUT2D eigenvalue weighted by Crippen LogP contribution is 2.30. The molecule has 1 heterocycles. The molecule has 1 atom stereocenters. The number of amides is 1. The largest absolute Gasteiger partial charge is 0.354 e. The first kappa shape index (κ1) is 9.52. The van der Waals surface area contributed by atoms with Gasteiger partial charge in [-0.1, -0.05) is 12.1 Å². The van der Waals surface area contributed by atoms with Crippen molar-refractivity contribution in [2.75, 3.05) is 12.3 Å². The zero-order valence-electron chi connectivity index (χ0n) is 7.50. The standard InChI is InChI=1S/C10H10FNOS/c11-8-3-1-7(2-4-8)9-10(13)12-5-6-14-9/h1-4,9H,5-6H2,(H,12,13). The third-order valence-electron chi connectivity index (χ3n) is 2.10. The van der Waals surface area contributed by atoms with Crippen molar-refractivity contribution in [2.24, 2.45) is 0 Å². The van der Waals surface area contributed by atoms with Gasteiger partial charge in [0.25, 0.3) is 0 Å². The third kappa shape index (κ3) is 1.90. The first-order valence-electron chi connectivity index (χ1n) is 4.42. The van der Waals surface area contributed by atoms with Gasteiger partial charge in [-0.2, -0.15) is 0 Å². The van der Waals surface area contributed by atoms with Gasteiger partial charge in [0, 0.05) is 12.3 Å². The van der Waals surface area contributed by atoms with Gasteiger partial charge in [0.05, 0.1) is 0 Å². The van der Waals surface area contributed by atoms with E-state index in [1.165, 1.54) is 12.1 Å². The van der Waals surface area contributed by atoms with Crippen LogP contribution >= 0.6 is 11.8 Å². The molecule has 1 unspecified atom stereocenters. The van der Waals surface area contributed by atoms with Crippen LogP contribution in [0.25, 0.3) is 0 Å². The van der Waals surface area contributed by atoms with Gasteiger partial charge in [-0.3, -0.25) is 4.79 Å². The number of benzene rings is 1. The van der Waals surface area contributed by atoms with Crippen molar-refractivity contribution >= 4 is 17.7 Å². The Morgan fingerprint density at radius 3 is 2.71 bits per heavy atom. The number of thioether (sulfide) groups is 1. The van der Waals surface area contributed by atoms with Crippen LogP contribution in [-0.2, 0) is 4.79 Å². The predicted octanol–water partition coefficient (Wildman–Crippen LogP) is 1.73. The molecule has 0 bridgehead atoms. The van der Waals surface area contributed by atoms with Crippen molar-refractivity contribution in [3.63, 3.8) is 0 Å². The third-order valence-corrected chi connectivity index (χ3v) is 3.36. The Morgan fingerprint density at radius 2 is 2.07 bits per heavy atom. The molecule has 0 saturated carbocycles. The molecular formula is C10H10FNOS. The van der Waals surface area contributed by atoms with Crippen LogP contribution in [0.2, 0.25) is 0 Å². The fourth-order valence-corrected chi connectivity index (χ4v) is 2.44. The first-order valence-corrected chi connectivity index (χ1v) is 5.47. The topological polar surface area (TPSA) is 29.1 Å². The van der Waals surface area contributed by atoms with Crippen molar-refractivity contribution < 1.29 is 9.18 Å². The maximum Gasteiger partial charge on any atom is 0.237 e. The fraction of sp³-hybridized carbons (Fsp3) is 0.300. The maximum absolute atomic E-state index is 12.6. The van der Waals surface area contributed by atoms with Crippen LogP contribution in [-0.4, -0.2) is 18.2 Å². The van der Waals surface area contributed by atoms with Crippen molar-refractivity contribution in [1.82, 2.24) is 5.32 Å². The van der Waals surface area contributed by atoms with E-state index in [9.17, 15) is 9.18 Å². The molecule has 0 aliphatic carbocycles. The van der Waals surface area contributed by atoms with E-state index >= 15 is 0 Å². The van der Waals surface area contributed by atoms with Crippen LogP contribution in [0.15, 0.2) is 24.3 Å². The Balaban J connectivity index is 2.20. The zero-order chi connectivity index (χ0) is 9.97. The van der Waals surface area contributed by atoms with Gasteiger partial charge in [-0.05, 0) is 17.7 Å². The molecule has 0 spiro atoms. The van der Waals surface area contributed by atoms with Gasteiger partial charge < -0.3 is 5.32 Å². The highest BCUT2D eigenvalue weighted by atomic mass is 32.2. The smallest absolute Gasteiger partial charge is 0.237 e. The molecule has 74 valence electrons. The molecule has 0 radical (unpaired) electrons. The second-order valence-electron chi connectivity index (χ2n) is 3.09. The summed E-state index contributed by atoms with van der Waals surface area (Å²) in [6.07, 6.45) is 0. The zero-order valence-corrected chi connectivity index (χ0v) is 8.31. The van der Waals surface area contributed by atoms with E-state index in [1.807, 2.05) is 0 Å². The Labute approximate surface area is 85.9 Å². The average Bonchev–Trinajstić information content (AvgIpc) is 2.20. The van der Waals surface area contributed by atoms with Gasteiger partial charge >= 0.3 is 0 Å². The number of halogens is 1. The first-order chi connectivity index (χ1) is 6.77. The number of nitrogens with one attached hydrogen (secondary N) is 1. The van der Waals surface area contributed by atoms with E-state index in [2.05, 4.69) is 5.32 Å². The Morgan fingerprint density at radius 1 is 1.36 bits per heavy atom. The second-order valence-corrected chi connectivity index (χ2v) is 4.31. The van der Waals surface area contributed by atoms with E-state index in [4.69, 9.17) is 0 Å². The molecule has 2 rings (SSSR count). The molecule has 2 nitrogen and oxygen atoms in total. The van der Waals surface area contributed by atoms with Crippen LogP contribution in [0.3, 0.4) is 0 Å². The van der Waals surface area contributed by atoms with Gasteiger partial charge in [-0.25, -0.2) is 4.39 Å². The van der Waals surface area contributed by atoms with Crippen LogP contribution in [0.5, 0.6) is 0 Å². The summed E-state index contributed by atoms with van der Waals surface area (Å²) >= 11 is 1.60. The van der Waals surface area contributed by atoms with E-state index in [1.54, 1.807) is 23.9 Å². The Kier molecular flexibility index (Phi) is 2.72. The lowest BCUT2D eigenvalue weighted by Crippen LogP contribution is -2.34. The highest BCUT2D eigenvalue weighted by molar-refractivity contribution is 8.00. The van der Waals surface area contributed by atoms with Crippen LogP contribution < -0.4 is 5.32 Å². The van der Waals surface area contributed by atoms with Crippen molar-refractivity contribution in [3.8, 4) is 0 Å². The summed E-state index contributed by atoms with van der Waals surface area (Å²) in [6.45, 7) is 0.723. The average molecular weight is 211 g/mol. The maximum atomic E-state index is 12.6. The molecular weight excluding hydrogens is 201 g/mol. The highest BCUT2D eigenvalue weighted by Gasteiger charge is 2.23. The molecule has 1 saturated heterocycles. The summed E-state index contributed by atoms with van der Waals surface area (Å²) in [6, 6.07) is 6.10. The summed E-state index contributed by atoms with van der Waals surface area (Å²) in [7, 11) is 0. The molecule has 1 aliphatic heterocycles. The predicted molar refractivity (Wildman–Crippen MR) is 54.6 cm³/mol. The monoisotopic (exact) mass is 211 g/mol. The van der Waals surface area contributed by atoms with E-state index in [0.29, 0.717) is 0 Å². The number of hydrogen-bond donors (Lipinski definition) is 1. The minimum Gasteiger partial charge on any atom is -0.354 e. The van der Waals surface area contributed by atoms with Crippen molar-refractivity contribution in [1.29, 1.82) is 0 Å². The van der Waals surface area contributed by atoms with Gasteiger partial charge in [0.15, 0.2) is 0 Å². The number of carbonyl (C=O) groups is 1. The van der Waals surface area contributed by atoms with Gasteiger partial charge in [-0.15, -0.1) is 11.8 Å². The molecule has 14 heavy (non-hydrogen) atoms. The SMILES string of the molecule is O=C1NCCSC1c1ccc(F)cc1. The lowest BCUT2D eigenvalue weighted by Gasteiger charge is -2.21. The van der Waals surface area contributed by atoms with Crippen molar-refractivity contribution in [2.45, 2.75) is 5.25 Å². The van der Waals surface area contributed by atoms with Crippen LogP contribution in [0.1, 0.15) is 10.8 Å². The number of carbonyl (C=O) groups excluding carboxylic acids is 1. The fourth-order valence-electron chi connectivity index (χ4n) is 1.40. The molecule has 1 amide bonds. The summed E-state index contributed by atoms with van der Waals surface area (Å²) < 4.78 is 12.6. The quantitative estimate of drug-likeness (QED) is 0.766. The summed E-state index contributed by atoms with van der Waals surface area (Å²) in [5.41, 5.74) is 0.869. The second kappa shape index (κ2) is 4.00. The Bertz CT molecular complexity index is 338. The number of rotatable bonds is 1. The lowest BCUT2D eigenvalue weighted by atomic mass is 10.1. The molecule has 0 aromatic heterocycles. The molecule has 1 aromatic carbocycles. The van der Waals surface area contributed by atoms with E-state index in [-0.39, 0.29) is 17.0 Å². The summed E-state index contributed by atoms with van der Waals surface area (Å²) in [5, 5.41) is 2.62.